The summed E-state index contributed by atoms with van der Waals surface area (Å²) in [4.78, 5) is 0. The molecule has 0 aliphatic carbocycles. The molecule has 4 nitrogen and oxygen atoms in total. The van der Waals surface area contributed by atoms with Gasteiger partial charge in [-0.2, -0.15) is 0 Å². The first-order chi connectivity index (χ1) is 6.69. The molecule has 0 saturated carbocycles. The molecule has 2 unspecified atom stereocenters. The zero-order valence-electron chi connectivity index (χ0n) is 8.14. The van der Waals surface area contributed by atoms with Gasteiger partial charge in [0.1, 0.15) is 6.10 Å². The van der Waals surface area contributed by atoms with E-state index >= 15 is 0 Å². The van der Waals surface area contributed by atoms with Crippen LogP contribution in [-0.2, 0) is 0 Å². The number of aliphatic hydroxyl groups excluding tert-OH is 2. The summed E-state index contributed by atoms with van der Waals surface area (Å²) in [5.41, 5.74) is 6.81. The third-order valence-corrected chi connectivity index (χ3v) is 2.12. The Morgan fingerprint density at radius 2 is 2.14 bits per heavy atom. The summed E-state index contributed by atoms with van der Waals surface area (Å²) in [6, 6.07) is 7.23. The van der Waals surface area contributed by atoms with Gasteiger partial charge in [-0.25, -0.2) is 0 Å². The first-order valence-corrected chi connectivity index (χ1v) is 4.53. The Morgan fingerprint density at radius 3 is 2.71 bits per heavy atom. The molecule has 1 aromatic rings. The minimum absolute atomic E-state index is 0.0466. The summed E-state index contributed by atoms with van der Waals surface area (Å²) in [5, 5.41) is 22.0. The second-order valence-electron chi connectivity index (χ2n) is 3.12. The fourth-order valence-corrected chi connectivity index (χ4v) is 1.23. The molecule has 0 saturated heterocycles. The molecule has 0 aromatic heterocycles. The minimum Gasteiger partial charge on any atom is -0.389 e. The highest BCUT2D eigenvalue weighted by Gasteiger charge is 2.16. The van der Waals surface area contributed by atoms with Gasteiger partial charge in [-0.1, -0.05) is 12.1 Å². The van der Waals surface area contributed by atoms with Gasteiger partial charge in [0.2, 0.25) is 0 Å². The lowest BCUT2D eigenvalue weighted by Crippen LogP contribution is -2.27. The van der Waals surface area contributed by atoms with Crippen LogP contribution in [0.2, 0.25) is 0 Å². The van der Waals surface area contributed by atoms with Crippen molar-refractivity contribution in [3.05, 3.63) is 29.8 Å². The fourth-order valence-electron chi connectivity index (χ4n) is 1.23. The van der Waals surface area contributed by atoms with E-state index in [1.54, 1.807) is 19.2 Å². The zero-order valence-corrected chi connectivity index (χ0v) is 8.14. The molecule has 78 valence electrons. The van der Waals surface area contributed by atoms with Crippen LogP contribution in [0.4, 0.5) is 5.69 Å². The van der Waals surface area contributed by atoms with Crippen molar-refractivity contribution < 1.29 is 10.2 Å². The summed E-state index contributed by atoms with van der Waals surface area (Å²) < 4.78 is 0. The third-order valence-electron chi connectivity index (χ3n) is 2.12. The molecule has 0 bridgehead atoms. The lowest BCUT2D eigenvalue weighted by atomic mass is 10.0. The van der Waals surface area contributed by atoms with Gasteiger partial charge in [-0.15, -0.1) is 0 Å². The topological polar surface area (TPSA) is 78.5 Å². The smallest absolute Gasteiger partial charge is 0.106 e. The zero-order chi connectivity index (χ0) is 10.6. The van der Waals surface area contributed by atoms with Crippen LogP contribution in [0.25, 0.3) is 0 Å². The van der Waals surface area contributed by atoms with Crippen LogP contribution in [0, 0.1) is 0 Å². The Kier molecular flexibility index (Phi) is 3.88. The predicted octanol–water partition coefficient (Wildman–Crippen LogP) is 0.0813. The number of rotatable bonds is 4. The number of nitrogens with two attached hydrogens (primary N) is 1. The summed E-state index contributed by atoms with van der Waals surface area (Å²) in [6.07, 6.45) is -1.84. The molecule has 0 fully saturated rings. The molecule has 0 heterocycles. The second kappa shape index (κ2) is 4.95. The molecule has 0 aliphatic rings. The van der Waals surface area contributed by atoms with Gasteiger partial charge in [0.25, 0.3) is 0 Å². The van der Waals surface area contributed by atoms with Gasteiger partial charge in [0, 0.05) is 19.3 Å². The minimum atomic E-state index is -0.923. The summed E-state index contributed by atoms with van der Waals surface area (Å²) in [6.45, 7) is 0.0466. The molecule has 0 spiro atoms. The molecule has 5 N–H and O–H groups in total. The first-order valence-electron chi connectivity index (χ1n) is 4.53. The highest BCUT2D eigenvalue weighted by Crippen LogP contribution is 2.19. The molecule has 2 atom stereocenters. The highest BCUT2D eigenvalue weighted by atomic mass is 16.3. The van der Waals surface area contributed by atoms with Crippen LogP contribution >= 0.6 is 0 Å². The number of aliphatic hydroxyl groups is 2. The van der Waals surface area contributed by atoms with Crippen LogP contribution < -0.4 is 11.1 Å². The van der Waals surface area contributed by atoms with Crippen molar-refractivity contribution in [2.24, 2.45) is 5.73 Å². The summed E-state index contributed by atoms with van der Waals surface area (Å²) in [7, 11) is 1.80. The molecule has 4 heteroatoms. The molecule has 0 amide bonds. The summed E-state index contributed by atoms with van der Waals surface area (Å²) >= 11 is 0. The van der Waals surface area contributed by atoms with Crippen molar-refractivity contribution in [2.45, 2.75) is 12.2 Å². The number of hydrogen-bond acceptors (Lipinski definition) is 4. The third kappa shape index (κ3) is 2.45. The molecular weight excluding hydrogens is 180 g/mol. The van der Waals surface area contributed by atoms with E-state index in [1.165, 1.54) is 0 Å². The molecular formula is C10H16N2O2. The van der Waals surface area contributed by atoms with Gasteiger partial charge < -0.3 is 21.3 Å². The largest absolute Gasteiger partial charge is 0.389 e. The number of hydrogen-bond donors (Lipinski definition) is 4. The maximum atomic E-state index is 9.65. The van der Waals surface area contributed by atoms with E-state index in [9.17, 15) is 10.2 Å². The number of nitrogens with one attached hydrogen (secondary N) is 1. The van der Waals surface area contributed by atoms with Gasteiger partial charge in [0.15, 0.2) is 0 Å². The maximum Gasteiger partial charge on any atom is 0.106 e. The fraction of sp³-hybridized carbons (Fsp3) is 0.400. The Morgan fingerprint density at radius 1 is 1.43 bits per heavy atom. The maximum absolute atomic E-state index is 9.65. The van der Waals surface area contributed by atoms with E-state index in [-0.39, 0.29) is 6.54 Å². The van der Waals surface area contributed by atoms with E-state index in [1.807, 2.05) is 12.1 Å². The number of benzene rings is 1. The first kappa shape index (κ1) is 11.0. The van der Waals surface area contributed by atoms with Crippen molar-refractivity contribution in [1.29, 1.82) is 0 Å². The molecule has 1 aromatic carbocycles. The van der Waals surface area contributed by atoms with E-state index < -0.39 is 12.2 Å². The SMILES string of the molecule is CNc1cccc(C(O)C(O)CN)c1. The Labute approximate surface area is 83.4 Å². The van der Waals surface area contributed by atoms with Crippen molar-refractivity contribution in [3.63, 3.8) is 0 Å². The van der Waals surface area contributed by atoms with Crippen LogP contribution in [0.15, 0.2) is 24.3 Å². The van der Waals surface area contributed by atoms with Crippen molar-refractivity contribution >= 4 is 5.69 Å². The van der Waals surface area contributed by atoms with Crippen LogP contribution in [0.5, 0.6) is 0 Å². The van der Waals surface area contributed by atoms with E-state index in [0.717, 1.165) is 5.69 Å². The lowest BCUT2D eigenvalue weighted by molar-refractivity contribution is 0.0244. The van der Waals surface area contributed by atoms with Crippen molar-refractivity contribution in [3.8, 4) is 0 Å². The molecule has 1 rings (SSSR count). The lowest BCUT2D eigenvalue weighted by Gasteiger charge is -2.16. The van der Waals surface area contributed by atoms with Crippen molar-refractivity contribution in [2.75, 3.05) is 18.9 Å². The van der Waals surface area contributed by atoms with Gasteiger partial charge >= 0.3 is 0 Å². The van der Waals surface area contributed by atoms with Crippen LogP contribution in [0.3, 0.4) is 0 Å². The quantitative estimate of drug-likeness (QED) is 0.550. The second-order valence-corrected chi connectivity index (χ2v) is 3.12. The van der Waals surface area contributed by atoms with Gasteiger partial charge in [0.05, 0.1) is 6.10 Å². The average molecular weight is 196 g/mol. The van der Waals surface area contributed by atoms with Gasteiger partial charge in [-0.3, -0.25) is 0 Å². The van der Waals surface area contributed by atoms with Crippen LogP contribution in [-0.4, -0.2) is 29.9 Å². The van der Waals surface area contributed by atoms with E-state index in [0.29, 0.717) is 5.56 Å². The normalized spacial score (nSPS) is 14.9. The monoisotopic (exact) mass is 196 g/mol. The Bertz CT molecular complexity index is 291. The number of anilines is 1. The molecule has 0 radical (unpaired) electrons. The highest BCUT2D eigenvalue weighted by molar-refractivity contribution is 5.45. The predicted molar refractivity (Wildman–Crippen MR) is 56.0 cm³/mol. The molecule has 14 heavy (non-hydrogen) atoms. The standard InChI is InChI=1S/C10H16N2O2/c1-12-8-4-2-3-7(5-8)10(14)9(13)6-11/h2-5,9-10,12-14H,6,11H2,1H3. The van der Waals surface area contributed by atoms with E-state index in [2.05, 4.69) is 5.32 Å². The van der Waals surface area contributed by atoms with Crippen LogP contribution in [0.1, 0.15) is 11.7 Å². The molecule has 0 aliphatic heterocycles. The van der Waals surface area contributed by atoms with E-state index in [4.69, 9.17) is 5.73 Å². The average Bonchev–Trinajstić information content (AvgIpc) is 2.27. The summed E-state index contributed by atoms with van der Waals surface area (Å²) in [5.74, 6) is 0. The van der Waals surface area contributed by atoms with Gasteiger partial charge in [-0.05, 0) is 17.7 Å². The Balaban J connectivity index is 2.83. The van der Waals surface area contributed by atoms with Crippen molar-refractivity contribution in [1.82, 2.24) is 0 Å². The Hall–Kier alpha value is -1.10.